The Morgan fingerprint density at radius 1 is 1.00 bits per heavy atom. The van der Waals surface area contributed by atoms with Crippen LogP contribution in [0.5, 0.6) is 11.5 Å². The van der Waals surface area contributed by atoms with Gasteiger partial charge in [0.1, 0.15) is 11.5 Å². The van der Waals surface area contributed by atoms with Gasteiger partial charge < -0.3 is 18.9 Å². The molecule has 1 aromatic carbocycles. The summed E-state index contributed by atoms with van der Waals surface area (Å²) in [5.74, 6) is 1.69. The molecule has 2 heterocycles. The normalized spacial score (nSPS) is 14.8. The molecule has 0 radical (unpaired) electrons. The summed E-state index contributed by atoms with van der Waals surface area (Å²) >= 11 is 0. The molecule has 1 N–H and O–H groups in total. The van der Waals surface area contributed by atoms with Crippen LogP contribution >= 0.6 is 0 Å². The van der Waals surface area contributed by atoms with Gasteiger partial charge >= 0.3 is 5.69 Å². The third-order valence-electron chi connectivity index (χ3n) is 5.41. The van der Waals surface area contributed by atoms with E-state index in [0.29, 0.717) is 12.1 Å². The number of nitrogens with one attached hydrogen (secondary N) is 1. The highest BCUT2D eigenvalue weighted by Crippen LogP contribution is 2.32. The van der Waals surface area contributed by atoms with Crippen molar-refractivity contribution >= 4 is 5.69 Å². The Bertz CT molecular complexity index is 929. The Kier molecular flexibility index (Phi) is 6.98. The molecule has 0 spiro atoms. The average molecular weight is 402 g/mol. The van der Waals surface area contributed by atoms with Crippen molar-refractivity contribution in [1.29, 1.82) is 0 Å². The van der Waals surface area contributed by atoms with Crippen LogP contribution in [0.4, 0.5) is 5.69 Å². The first-order valence-electron chi connectivity index (χ1n) is 10.0. The minimum Gasteiger partial charge on any atom is -0.497 e. The fourth-order valence-corrected chi connectivity index (χ4v) is 3.66. The van der Waals surface area contributed by atoms with Gasteiger partial charge in [0.25, 0.3) is 5.56 Å². The quantitative estimate of drug-likeness (QED) is 0.674. The third kappa shape index (κ3) is 5.20. The smallest absolute Gasteiger partial charge is 0.328 e. The van der Waals surface area contributed by atoms with Crippen LogP contribution in [0.3, 0.4) is 0 Å². The maximum absolute atomic E-state index is 11.8. The molecular formula is C21H30N4O4. The lowest BCUT2D eigenvalue weighted by atomic mass is 10.2. The standard InChI is InChI=1S/C21H30N4O4/c1-16-15-25(21(27)22-20(16)26)9-5-4-8-23-10-12-24(13-11-23)18-14-17(28-2)6-7-19(18)29-3/h6-7,14-15H,4-5,8-13H2,1-3H3,(H,22,26,27). The van der Waals surface area contributed by atoms with Crippen LogP contribution in [-0.2, 0) is 6.54 Å². The van der Waals surface area contributed by atoms with E-state index in [-0.39, 0.29) is 11.2 Å². The van der Waals surface area contributed by atoms with Gasteiger partial charge in [0, 0.05) is 50.6 Å². The largest absolute Gasteiger partial charge is 0.497 e. The number of H-pyrrole nitrogens is 1. The predicted molar refractivity (Wildman–Crippen MR) is 113 cm³/mol. The highest BCUT2D eigenvalue weighted by Gasteiger charge is 2.20. The summed E-state index contributed by atoms with van der Waals surface area (Å²) in [7, 11) is 3.36. The minimum absolute atomic E-state index is 0.309. The number of piperazine rings is 1. The summed E-state index contributed by atoms with van der Waals surface area (Å²) in [5, 5.41) is 0. The molecule has 8 heteroatoms. The highest BCUT2D eigenvalue weighted by molar-refractivity contribution is 5.62. The van der Waals surface area contributed by atoms with Crippen LogP contribution in [0.15, 0.2) is 34.0 Å². The van der Waals surface area contributed by atoms with E-state index in [1.54, 1.807) is 31.9 Å². The molecule has 3 rings (SSSR count). The second-order valence-electron chi connectivity index (χ2n) is 7.34. The molecule has 8 nitrogen and oxygen atoms in total. The van der Waals surface area contributed by atoms with Crippen molar-refractivity contribution in [2.75, 3.05) is 51.8 Å². The number of anilines is 1. The number of hydrogen-bond donors (Lipinski definition) is 1. The second kappa shape index (κ2) is 9.65. The first kappa shape index (κ1) is 21.0. The lowest BCUT2D eigenvalue weighted by Crippen LogP contribution is -2.46. The molecule has 0 unspecified atom stereocenters. The summed E-state index contributed by atoms with van der Waals surface area (Å²) in [6.45, 7) is 7.17. The maximum Gasteiger partial charge on any atom is 0.328 e. The number of aryl methyl sites for hydroxylation is 2. The summed E-state index contributed by atoms with van der Waals surface area (Å²) in [4.78, 5) is 30.4. The molecule has 29 heavy (non-hydrogen) atoms. The van der Waals surface area contributed by atoms with E-state index in [0.717, 1.165) is 62.8 Å². The molecule has 1 aliphatic rings. The van der Waals surface area contributed by atoms with Crippen molar-refractivity contribution in [2.45, 2.75) is 26.3 Å². The Morgan fingerprint density at radius 2 is 1.72 bits per heavy atom. The summed E-state index contributed by atoms with van der Waals surface area (Å²) in [5.41, 5.74) is 0.992. The third-order valence-corrected chi connectivity index (χ3v) is 5.41. The van der Waals surface area contributed by atoms with Crippen LogP contribution in [0.1, 0.15) is 18.4 Å². The molecule has 1 aliphatic heterocycles. The number of aromatic nitrogens is 2. The number of rotatable bonds is 8. The monoisotopic (exact) mass is 402 g/mol. The van der Waals surface area contributed by atoms with E-state index in [4.69, 9.17) is 9.47 Å². The lowest BCUT2D eigenvalue weighted by Gasteiger charge is -2.36. The number of aromatic amines is 1. The Morgan fingerprint density at radius 3 is 2.41 bits per heavy atom. The molecule has 0 bridgehead atoms. The van der Waals surface area contributed by atoms with Crippen LogP contribution in [0.25, 0.3) is 0 Å². The van der Waals surface area contributed by atoms with Gasteiger partial charge in [-0.05, 0) is 38.4 Å². The SMILES string of the molecule is COc1ccc(OC)c(N2CCN(CCCCn3cc(C)c(=O)[nH]c3=O)CC2)c1. The van der Waals surface area contributed by atoms with Crippen molar-refractivity contribution in [2.24, 2.45) is 0 Å². The highest BCUT2D eigenvalue weighted by atomic mass is 16.5. The summed E-state index contributed by atoms with van der Waals surface area (Å²) < 4.78 is 12.5. The van der Waals surface area contributed by atoms with Crippen LogP contribution in [0, 0.1) is 6.92 Å². The lowest BCUT2D eigenvalue weighted by molar-refractivity contribution is 0.250. The van der Waals surface area contributed by atoms with Crippen LogP contribution < -0.4 is 25.6 Å². The van der Waals surface area contributed by atoms with Crippen molar-refractivity contribution in [1.82, 2.24) is 14.5 Å². The number of ether oxygens (including phenoxy) is 2. The molecule has 0 atom stereocenters. The van der Waals surface area contributed by atoms with Gasteiger partial charge in [-0.2, -0.15) is 0 Å². The maximum atomic E-state index is 11.8. The molecule has 1 saturated heterocycles. The van der Waals surface area contributed by atoms with Crippen LogP contribution in [-0.4, -0.2) is 61.4 Å². The van der Waals surface area contributed by atoms with E-state index in [1.807, 2.05) is 18.2 Å². The molecule has 1 fully saturated rings. The average Bonchev–Trinajstić information content (AvgIpc) is 2.74. The van der Waals surface area contributed by atoms with Gasteiger partial charge in [0.15, 0.2) is 0 Å². The number of nitrogens with zero attached hydrogens (tertiary/aromatic N) is 3. The first-order valence-corrected chi connectivity index (χ1v) is 10.0. The number of methoxy groups -OCH3 is 2. The van der Waals surface area contributed by atoms with Gasteiger partial charge in [-0.15, -0.1) is 0 Å². The van der Waals surface area contributed by atoms with Crippen molar-refractivity contribution in [3.8, 4) is 11.5 Å². The van der Waals surface area contributed by atoms with E-state index in [2.05, 4.69) is 14.8 Å². The number of benzene rings is 1. The summed E-state index contributed by atoms with van der Waals surface area (Å²) in [6.07, 6.45) is 3.55. The Hall–Kier alpha value is -2.74. The van der Waals surface area contributed by atoms with Crippen molar-refractivity contribution in [3.63, 3.8) is 0 Å². The first-order chi connectivity index (χ1) is 14.0. The van der Waals surface area contributed by atoms with E-state index in [9.17, 15) is 9.59 Å². The zero-order valence-corrected chi connectivity index (χ0v) is 17.4. The predicted octanol–water partition coefficient (Wildman–Crippen LogP) is 1.46. The van der Waals surface area contributed by atoms with Gasteiger partial charge in [0.2, 0.25) is 0 Å². The van der Waals surface area contributed by atoms with E-state index >= 15 is 0 Å². The zero-order valence-electron chi connectivity index (χ0n) is 17.4. The zero-order chi connectivity index (χ0) is 20.8. The number of hydrogen-bond acceptors (Lipinski definition) is 6. The Labute approximate surface area is 170 Å². The molecule has 0 aliphatic carbocycles. The molecule has 158 valence electrons. The minimum atomic E-state index is -0.332. The van der Waals surface area contributed by atoms with Gasteiger partial charge in [-0.25, -0.2) is 4.79 Å². The van der Waals surface area contributed by atoms with E-state index in [1.165, 1.54) is 0 Å². The van der Waals surface area contributed by atoms with Crippen molar-refractivity contribution < 1.29 is 9.47 Å². The second-order valence-corrected chi connectivity index (χ2v) is 7.34. The number of unbranched alkanes of at least 4 members (excludes halogenated alkanes) is 1. The van der Waals surface area contributed by atoms with Gasteiger partial charge in [-0.1, -0.05) is 0 Å². The molecule has 0 amide bonds. The summed E-state index contributed by atoms with van der Waals surface area (Å²) in [6, 6.07) is 5.88. The fourth-order valence-electron chi connectivity index (χ4n) is 3.66. The van der Waals surface area contributed by atoms with Crippen molar-refractivity contribution in [3.05, 3.63) is 50.8 Å². The molecule has 1 aromatic heterocycles. The molecular weight excluding hydrogens is 372 g/mol. The fraction of sp³-hybridized carbons (Fsp3) is 0.524. The van der Waals surface area contributed by atoms with Gasteiger partial charge in [-0.3, -0.25) is 14.7 Å². The topological polar surface area (TPSA) is 79.8 Å². The molecule has 0 saturated carbocycles. The van der Waals surface area contributed by atoms with E-state index < -0.39 is 0 Å². The van der Waals surface area contributed by atoms with Crippen LogP contribution in [0.2, 0.25) is 0 Å². The molecule has 2 aromatic rings. The van der Waals surface area contributed by atoms with Gasteiger partial charge in [0.05, 0.1) is 19.9 Å². The Balaban J connectivity index is 1.47.